The Hall–Kier alpha value is -0.900. The van der Waals surface area contributed by atoms with E-state index < -0.39 is 0 Å². The first-order chi connectivity index (χ1) is 7.63. The molecule has 0 saturated heterocycles. The lowest BCUT2D eigenvalue weighted by Gasteiger charge is -2.24. The highest BCUT2D eigenvalue weighted by Crippen LogP contribution is 2.25. The summed E-state index contributed by atoms with van der Waals surface area (Å²) in [4.78, 5) is 22.5. The molecule has 92 valence electrons. The number of ketones is 1. The van der Waals surface area contributed by atoms with E-state index in [-0.39, 0.29) is 18.0 Å². The molecule has 0 aliphatic heterocycles. The smallest absolute Gasteiger partial charge is 0.302 e. The largest absolute Gasteiger partial charge is 0.460 e. The Balaban J connectivity index is 2.45. The fourth-order valence-electron chi connectivity index (χ4n) is 2.19. The van der Waals surface area contributed by atoms with Crippen molar-refractivity contribution in [3.63, 3.8) is 0 Å². The number of carbonyl (C=O) groups excluding carboxylic acids is 2. The first-order valence-electron chi connectivity index (χ1n) is 5.82. The molecule has 0 aromatic rings. The molecule has 0 spiro atoms. The number of Topliss-reactive ketones (excluding diaryl/α,β-unsaturated/α-hetero) is 1. The van der Waals surface area contributed by atoms with Crippen molar-refractivity contribution in [3.05, 3.63) is 0 Å². The molecule has 0 aromatic heterocycles. The van der Waals surface area contributed by atoms with Crippen LogP contribution in [0.1, 0.15) is 39.0 Å². The quantitative estimate of drug-likeness (QED) is 0.672. The second kappa shape index (κ2) is 6.63. The minimum atomic E-state index is -0.315. The zero-order valence-corrected chi connectivity index (χ0v) is 10.0. The van der Waals surface area contributed by atoms with Crippen LogP contribution in [0.5, 0.6) is 0 Å². The van der Waals surface area contributed by atoms with Crippen LogP contribution in [0, 0.1) is 5.92 Å². The van der Waals surface area contributed by atoms with E-state index in [0.29, 0.717) is 25.2 Å². The van der Waals surface area contributed by atoms with Gasteiger partial charge >= 0.3 is 5.97 Å². The first kappa shape index (κ1) is 13.2. The van der Waals surface area contributed by atoms with Crippen LogP contribution >= 0.6 is 0 Å². The van der Waals surface area contributed by atoms with E-state index in [0.717, 1.165) is 19.3 Å². The Morgan fingerprint density at radius 1 is 1.50 bits per heavy atom. The minimum Gasteiger partial charge on any atom is -0.460 e. The lowest BCUT2D eigenvalue weighted by atomic mass is 9.84. The Labute approximate surface area is 96.3 Å². The van der Waals surface area contributed by atoms with Gasteiger partial charge in [0.1, 0.15) is 11.9 Å². The van der Waals surface area contributed by atoms with Crippen molar-refractivity contribution < 1.29 is 19.1 Å². The first-order valence-corrected chi connectivity index (χ1v) is 5.82. The van der Waals surface area contributed by atoms with Crippen molar-refractivity contribution in [2.45, 2.75) is 45.1 Å². The maximum atomic E-state index is 11.6. The standard InChI is InChI=1S/C12H20O4/c1-9(13)16-11(8-15-2)7-10-5-3-4-6-12(10)14/h10-11H,3-8H2,1-2H3. The van der Waals surface area contributed by atoms with Crippen LogP contribution in [-0.2, 0) is 19.1 Å². The summed E-state index contributed by atoms with van der Waals surface area (Å²) < 4.78 is 10.1. The third-order valence-electron chi connectivity index (χ3n) is 2.91. The molecule has 0 aromatic carbocycles. The highest BCUT2D eigenvalue weighted by Gasteiger charge is 2.26. The number of hydrogen-bond acceptors (Lipinski definition) is 4. The Bertz CT molecular complexity index is 249. The molecular weight excluding hydrogens is 208 g/mol. The third-order valence-corrected chi connectivity index (χ3v) is 2.91. The van der Waals surface area contributed by atoms with Crippen molar-refractivity contribution in [2.75, 3.05) is 13.7 Å². The molecule has 2 unspecified atom stereocenters. The third kappa shape index (κ3) is 4.31. The molecule has 2 atom stereocenters. The Morgan fingerprint density at radius 3 is 2.81 bits per heavy atom. The average Bonchev–Trinajstić information content (AvgIpc) is 2.21. The summed E-state index contributed by atoms with van der Waals surface area (Å²) in [7, 11) is 1.57. The van der Waals surface area contributed by atoms with Gasteiger partial charge < -0.3 is 9.47 Å². The van der Waals surface area contributed by atoms with Gasteiger partial charge in [-0.05, 0) is 19.3 Å². The normalized spacial score (nSPS) is 22.9. The summed E-state index contributed by atoms with van der Waals surface area (Å²) in [6, 6.07) is 0. The summed E-state index contributed by atoms with van der Waals surface area (Å²) >= 11 is 0. The highest BCUT2D eigenvalue weighted by atomic mass is 16.6. The fourth-order valence-corrected chi connectivity index (χ4v) is 2.19. The number of hydrogen-bond donors (Lipinski definition) is 0. The van der Waals surface area contributed by atoms with Crippen LogP contribution in [-0.4, -0.2) is 31.6 Å². The summed E-state index contributed by atoms with van der Waals surface area (Å²) in [5, 5.41) is 0. The van der Waals surface area contributed by atoms with Gasteiger partial charge in [0.15, 0.2) is 0 Å². The van der Waals surface area contributed by atoms with E-state index in [4.69, 9.17) is 9.47 Å². The molecule has 0 bridgehead atoms. The van der Waals surface area contributed by atoms with Gasteiger partial charge in [0.25, 0.3) is 0 Å². The molecule has 1 fully saturated rings. The van der Waals surface area contributed by atoms with Gasteiger partial charge in [-0.25, -0.2) is 0 Å². The van der Waals surface area contributed by atoms with Crippen LogP contribution in [0.15, 0.2) is 0 Å². The molecule has 0 heterocycles. The monoisotopic (exact) mass is 228 g/mol. The molecule has 4 heteroatoms. The van der Waals surface area contributed by atoms with Gasteiger partial charge in [0.05, 0.1) is 6.61 Å². The predicted molar refractivity (Wildman–Crippen MR) is 59.0 cm³/mol. The van der Waals surface area contributed by atoms with Crippen molar-refractivity contribution in [2.24, 2.45) is 5.92 Å². The molecule has 0 amide bonds. The second-order valence-electron chi connectivity index (χ2n) is 4.33. The van der Waals surface area contributed by atoms with Gasteiger partial charge in [-0.3, -0.25) is 9.59 Å². The Morgan fingerprint density at radius 2 is 2.25 bits per heavy atom. The summed E-state index contributed by atoms with van der Waals surface area (Å²) in [6.07, 6.45) is 4.00. The van der Waals surface area contributed by atoms with Crippen molar-refractivity contribution in [1.82, 2.24) is 0 Å². The van der Waals surface area contributed by atoms with Gasteiger partial charge in [0, 0.05) is 26.4 Å². The molecule has 1 aliphatic carbocycles. The van der Waals surface area contributed by atoms with Gasteiger partial charge in [0.2, 0.25) is 0 Å². The predicted octanol–water partition coefficient (Wildman–Crippen LogP) is 1.71. The maximum absolute atomic E-state index is 11.6. The minimum absolute atomic E-state index is 0.0493. The number of carbonyl (C=O) groups is 2. The SMILES string of the molecule is COCC(CC1CCCCC1=O)OC(C)=O. The summed E-state index contributed by atoms with van der Waals surface area (Å²) in [5.41, 5.74) is 0. The van der Waals surface area contributed by atoms with Crippen molar-refractivity contribution in [1.29, 1.82) is 0 Å². The van der Waals surface area contributed by atoms with Gasteiger partial charge in [-0.15, -0.1) is 0 Å². The van der Waals surface area contributed by atoms with Crippen molar-refractivity contribution in [3.8, 4) is 0 Å². The number of ether oxygens (including phenoxy) is 2. The summed E-state index contributed by atoms with van der Waals surface area (Å²) in [5.74, 6) is 0.0399. The van der Waals surface area contributed by atoms with Crippen LogP contribution in [0.2, 0.25) is 0 Å². The zero-order chi connectivity index (χ0) is 12.0. The van der Waals surface area contributed by atoms with Crippen molar-refractivity contribution >= 4 is 11.8 Å². The molecular formula is C12H20O4. The van der Waals surface area contributed by atoms with E-state index in [9.17, 15) is 9.59 Å². The van der Waals surface area contributed by atoms with Crippen LogP contribution < -0.4 is 0 Å². The number of rotatable bonds is 5. The molecule has 1 rings (SSSR count). The van der Waals surface area contributed by atoms with E-state index >= 15 is 0 Å². The van der Waals surface area contributed by atoms with Gasteiger partial charge in [-0.2, -0.15) is 0 Å². The van der Waals surface area contributed by atoms with Gasteiger partial charge in [-0.1, -0.05) is 6.42 Å². The van der Waals surface area contributed by atoms with E-state index in [1.165, 1.54) is 6.92 Å². The number of esters is 1. The fraction of sp³-hybridized carbons (Fsp3) is 0.833. The highest BCUT2D eigenvalue weighted by molar-refractivity contribution is 5.81. The summed E-state index contributed by atoms with van der Waals surface area (Å²) in [6.45, 7) is 1.74. The van der Waals surface area contributed by atoms with Crippen LogP contribution in [0.3, 0.4) is 0 Å². The Kier molecular flexibility index (Phi) is 5.46. The average molecular weight is 228 g/mol. The lowest BCUT2D eigenvalue weighted by Crippen LogP contribution is -2.29. The molecule has 1 saturated carbocycles. The topological polar surface area (TPSA) is 52.6 Å². The molecule has 16 heavy (non-hydrogen) atoms. The van der Waals surface area contributed by atoms with Crippen LogP contribution in [0.25, 0.3) is 0 Å². The molecule has 1 aliphatic rings. The van der Waals surface area contributed by atoms with Crippen LogP contribution in [0.4, 0.5) is 0 Å². The number of methoxy groups -OCH3 is 1. The van der Waals surface area contributed by atoms with E-state index in [1.54, 1.807) is 7.11 Å². The zero-order valence-electron chi connectivity index (χ0n) is 10.0. The van der Waals surface area contributed by atoms with E-state index in [1.807, 2.05) is 0 Å². The molecule has 0 N–H and O–H groups in total. The molecule has 4 nitrogen and oxygen atoms in total. The lowest BCUT2D eigenvalue weighted by molar-refractivity contribution is -0.151. The van der Waals surface area contributed by atoms with E-state index in [2.05, 4.69) is 0 Å². The maximum Gasteiger partial charge on any atom is 0.302 e. The molecule has 0 radical (unpaired) electrons. The second-order valence-corrected chi connectivity index (χ2v) is 4.33.